The van der Waals surface area contributed by atoms with Crippen LogP contribution >= 0.6 is 0 Å². The molecule has 124 valence electrons. The molecule has 1 amide bonds. The standard InChI is InChI=1S/C19H22N4O/c1-2-3-4-8-13-17-21-16-12-9-14-20-18(16)23(22-17)19(24)15-10-6-5-7-11-15/h5-7,9-12,14H,2-4,8,13H2,1H3,(H,21,22). The van der Waals surface area contributed by atoms with Crippen LogP contribution in [0.3, 0.4) is 0 Å². The highest BCUT2D eigenvalue weighted by atomic mass is 16.2. The van der Waals surface area contributed by atoms with Crippen molar-refractivity contribution in [2.24, 2.45) is 4.99 Å². The number of hydrogen-bond donors (Lipinski definition) is 1. The monoisotopic (exact) mass is 322 g/mol. The molecule has 0 fully saturated rings. The average Bonchev–Trinajstić information content (AvgIpc) is 2.65. The topological polar surface area (TPSA) is 57.6 Å². The van der Waals surface area contributed by atoms with Gasteiger partial charge in [-0.25, -0.2) is 9.98 Å². The summed E-state index contributed by atoms with van der Waals surface area (Å²) in [7, 11) is 0. The number of hydrogen-bond acceptors (Lipinski definition) is 4. The van der Waals surface area contributed by atoms with Gasteiger partial charge in [0.15, 0.2) is 5.82 Å². The molecular weight excluding hydrogens is 300 g/mol. The summed E-state index contributed by atoms with van der Waals surface area (Å²) in [4.78, 5) is 21.8. The van der Waals surface area contributed by atoms with Crippen LogP contribution in [0.25, 0.3) is 0 Å². The van der Waals surface area contributed by atoms with Crippen LogP contribution in [0.1, 0.15) is 49.4 Å². The zero-order valence-electron chi connectivity index (χ0n) is 13.9. The van der Waals surface area contributed by atoms with Gasteiger partial charge in [0, 0.05) is 18.2 Å². The number of carbonyl (C=O) groups excluding carboxylic acids is 1. The van der Waals surface area contributed by atoms with Crippen LogP contribution in [0, 0.1) is 0 Å². The minimum absolute atomic E-state index is 0.128. The highest BCUT2D eigenvalue weighted by Crippen LogP contribution is 2.29. The van der Waals surface area contributed by atoms with Crippen LogP contribution in [0.15, 0.2) is 53.7 Å². The lowest BCUT2D eigenvalue weighted by molar-refractivity contribution is 0.0979. The molecule has 0 aliphatic carbocycles. The number of amidine groups is 1. The molecule has 1 aromatic carbocycles. The Kier molecular flexibility index (Phi) is 5.21. The number of benzene rings is 1. The molecule has 0 unspecified atom stereocenters. The molecule has 5 nitrogen and oxygen atoms in total. The number of nitrogens with one attached hydrogen (secondary N) is 1. The molecule has 1 aromatic heterocycles. The quantitative estimate of drug-likeness (QED) is 0.809. The minimum atomic E-state index is -0.128. The number of nitrogens with zero attached hydrogens (tertiary/aromatic N) is 3. The Labute approximate surface area is 142 Å². The number of anilines is 1. The molecule has 2 heterocycles. The molecule has 0 saturated heterocycles. The summed E-state index contributed by atoms with van der Waals surface area (Å²) in [6.07, 6.45) is 7.15. The normalized spacial score (nSPS) is 13.0. The van der Waals surface area contributed by atoms with Crippen molar-refractivity contribution >= 4 is 23.2 Å². The first-order chi connectivity index (χ1) is 11.8. The van der Waals surface area contributed by atoms with E-state index < -0.39 is 0 Å². The SMILES string of the molecule is CCCCCCC1=Nc2cccnc2N(C(=O)c2ccccc2)N1. The van der Waals surface area contributed by atoms with Gasteiger partial charge >= 0.3 is 0 Å². The number of hydrazine groups is 1. The molecule has 0 atom stereocenters. The second kappa shape index (κ2) is 7.73. The van der Waals surface area contributed by atoms with E-state index in [9.17, 15) is 4.79 Å². The summed E-state index contributed by atoms with van der Waals surface area (Å²) in [5, 5.41) is 1.51. The lowest BCUT2D eigenvalue weighted by Gasteiger charge is -2.28. The average molecular weight is 322 g/mol. The summed E-state index contributed by atoms with van der Waals surface area (Å²) in [6.45, 7) is 2.19. The largest absolute Gasteiger partial charge is 0.278 e. The number of unbranched alkanes of at least 4 members (excludes halogenated alkanes) is 3. The number of amides is 1. The highest BCUT2D eigenvalue weighted by Gasteiger charge is 2.26. The van der Waals surface area contributed by atoms with Gasteiger partial charge in [0.25, 0.3) is 5.91 Å². The van der Waals surface area contributed by atoms with E-state index in [-0.39, 0.29) is 5.91 Å². The minimum Gasteiger partial charge on any atom is -0.276 e. The Morgan fingerprint density at radius 3 is 2.71 bits per heavy atom. The molecule has 0 saturated carbocycles. The van der Waals surface area contributed by atoms with Crippen molar-refractivity contribution in [3.63, 3.8) is 0 Å². The second-order valence-electron chi connectivity index (χ2n) is 5.83. The maximum Gasteiger partial charge on any atom is 0.278 e. The third-order valence-electron chi connectivity index (χ3n) is 3.97. The first-order valence-electron chi connectivity index (χ1n) is 8.48. The molecule has 1 aliphatic heterocycles. The molecule has 0 bridgehead atoms. The third-order valence-corrected chi connectivity index (χ3v) is 3.97. The number of fused-ring (bicyclic) bond motifs is 1. The van der Waals surface area contributed by atoms with Gasteiger partial charge in [0.1, 0.15) is 11.5 Å². The summed E-state index contributed by atoms with van der Waals surface area (Å²) in [5.41, 5.74) is 4.50. The van der Waals surface area contributed by atoms with E-state index in [4.69, 9.17) is 0 Å². The molecule has 1 aliphatic rings. The maximum atomic E-state index is 12.9. The lowest BCUT2D eigenvalue weighted by atomic mass is 10.1. The van der Waals surface area contributed by atoms with Gasteiger partial charge in [0.05, 0.1) is 0 Å². The van der Waals surface area contributed by atoms with E-state index in [2.05, 4.69) is 22.3 Å². The fourth-order valence-corrected chi connectivity index (χ4v) is 2.69. The summed E-state index contributed by atoms with van der Waals surface area (Å²) in [6, 6.07) is 13.0. The zero-order chi connectivity index (χ0) is 16.8. The molecule has 3 rings (SSSR count). The summed E-state index contributed by atoms with van der Waals surface area (Å²) < 4.78 is 0. The first kappa shape index (κ1) is 16.2. The molecule has 0 radical (unpaired) electrons. The number of carbonyl (C=O) groups is 1. The fraction of sp³-hybridized carbons (Fsp3) is 0.316. The number of rotatable bonds is 6. The lowest BCUT2D eigenvalue weighted by Crippen LogP contribution is -2.48. The molecule has 1 N–H and O–H groups in total. The van der Waals surface area contributed by atoms with Gasteiger partial charge in [-0.2, -0.15) is 5.01 Å². The van der Waals surface area contributed by atoms with Gasteiger partial charge < -0.3 is 0 Å². The Bertz CT molecular complexity index is 727. The molecular formula is C19H22N4O. The van der Waals surface area contributed by atoms with Crippen LogP contribution in [0.5, 0.6) is 0 Å². The fourth-order valence-electron chi connectivity index (χ4n) is 2.69. The van der Waals surface area contributed by atoms with Crippen LogP contribution in [0.2, 0.25) is 0 Å². The van der Waals surface area contributed by atoms with E-state index in [1.54, 1.807) is 18.3 Å². The predicted octanol–water partition coefficient (Wildman–Crippen LogP) is 4.25. The first-order valence-corrected chi connectivity index (χ1v) is 8.48. The maximum absolute atomic E-state index is 12.9. The van der Waals surface area contributed by atoms with Crippen molar-refractivity contribution in [1.82, 2.24) is 10.4 Å². The molecule has 24 heavy (non-hydrogen) atoms. The highest BCUT2D eigenvalue weighted by molar-refractivity contribution is 6.10. The Morgan fingerprint density at radius 1 is 1.08 bits per heavy atom. The summed E-state index contributed by atoms with van der Waals surface area (Å²) in [5.74, 6) is 1.23. The predicted molar refractivity (Wildman–Crippen MR) is 96.5 cm³/mol. The molecule has 2 aromatic rings. The third kappa shape index (κ3) is 3.62. The molecule has 5 heteroatoms. The van der Waals surface area contributed by atoms with Crippen molar-refractivity contribution in [1.29, 1.82) is 0 Å². The van der Waals surface area contributed by atoms with E-state index in [1.165, 1.54) is 24.3 Å². The van der Waals surface area contributed by atoms with Gasteiger partial charge in [0.2, 0.25) is 0 Å². The van der Waals surface area contributed by atoms with Crippen molar-refractivity contribution in [2.45, 2.75) is 39.0 Å². The Hall–Kier alpha value is -2.69. The smallest absolute Gasteiger partial charge is 0.276 e. The van der Waals surface area contributed by atoms with Gasteiger partial charge in [-0.1, -0.05) is 44.4 Å². The van der Waals surface area contributed by atoms with Gasteiger partial charge in [-0.05, 0) is 30.7 Å². The Balaban J connectivity index is 1.82. The number of aliphatic imine (C=N–C) groups is 1. The summed E-state index contributed by atoms with van der Waals surface area (Å²) >= 11 is 0. The van der Waals surface area contributed by atoms with Crippen LogP contribution in [-0.2, 0) is 0 Å². The van der Waals surface area contributed by atoms with Crippen LogP contribution in [-0.4, -0.2) is 16.7 Å². The van der Waals surface area contributed by atoms with E-state index in [0.29, 0.717) is 11.4 Å². The second-order valence-corrected chi connectivity index (χ2v) is 5.83. The zero-order valence-corrected chi connectivity index (χ0v) is 13.9. The van der Waals surface area contributed by atoms with Crippen LogP contribution in [0.4, 0.5) is 11.5 Å². The Morgan fingerprint density at radius 2 is 1.92 bits per heavy atom. The van der Waals surface area contributed by atoms with E-state index in [0.717, 1.165) is 24.4 Å². The molecule has 0 spiro atoms. The van der Waals surface area contributed by atoms with Crippen molar-refractivity contribution in [3.05, 3.63) is 54.2 Å². The van der Waals surface area contributed by atoms with Crippen molar-refractivity contribution in [3.8, 4) is 0 Å². The van der Waals surface area contributed by atoms with E-state index >= 15 is 0 Å². The van der Waals surface area contributed by atoms with Gasteiger partial charge in [-0.3, -0.25) is 10.2 Å². The number of aromatic nitrogens is 1. The van der Waals surface area contributed by atoms with Gasteiger partial charge in [-0.15, -0.1) is 0 Å². The number of pyridine rings is 1. The van der Waals surface area contributed by atoms with Crippen molar-refractivity contribution in [2.75, 3.05) is 5.01 Å². The van der Waals surface area contributed by atoms with Crippen molar-refractivity contribution < 1.29 is 4.79 Å². The van der Waals surface area contributed by atoms with Crippen LogP contribution < -0.4 is 10.4 Å². The van der Waals surface area contributed by atoms with E-state index in [1.807, 2.05) is 30.3 Å².